The van der Waals surface area contributed by atoms with E-state index in [1.54, 1.807) is 0 Å². The first kappa shape index (κ1) is 50.8. The Balaban J connectivity index is 5.31. The lowest BCUT2D eigenvalue weighted by molar-refractivity contribution is -0.130. The molecule has 0 aliphatic heterocycles. The topological polar surface area (TPSA) is 263 Å². The van der Waals surface area contributed by atoms with Crippen molar-refractivity contribution in [2.75, 3.05) is 85.5 Å². The third-order valence-corrected chi connectivity index (χ3v) is 8.15. The molecule has 0 atom stereocenters. The van der Waals surface area contributed by atoms with Gasteiger partial charge in [0.15, 0.2) is 0 Å². The number of aliphatic hydroxyl groups excluding tert-OH is 1. The summed E-state index contributed by atoms with van der Waals surface area (Å²) < 4.78 is 17.8. The van der Waals surface area contributed by atoms with Crippen LogP contribution in [0.25, 0.3) is 0 Å². The summed E-state index contributed by atoms with van der Waals surface area (Å²) in [6.45, 7) is 2.73. The number of carbonyl (C=O) groups excluding carboxylic acids is 6. The van der Waals surface area contributed by atoms with Crippen LogP contribution >= 0.6 is 0 Å². The van der Waals surface area contributed by atoms with Crippen LogP contribution < -0.4 is 38.1 Å². The molecule has 0 aromatic heterocycles. The maximum Gasteiger partial charge on any atom is 0.222 e. The molecule has 0 heterocycles. The Kier molecular flexibility index (Phi) is 34.5. The van der Waals surface area contributed by atoms with Gasteiger partial charge in [0.1, 0.15) is 11.8 Å². The Bertz CT molecular complexity index is 976. The second-order valence-corrected chi connectivity index (χ2v) is 13.3. The van der Waals surface area contributed by atoms with Gasteiger partial charge in [-0.1, -0.05) is 25.7 Å². The SMILES string of the molecule is NCCCNC(=O)CCOCC(COCCC(=O)NCCCN)(COCCC(=O)NCCCNC(=O)CCCCO)NC(=O)CCCCCCCCC=O. The highest BCUT2D eigenvalue weighted by Crippen LogP contribution is 2.13. The van der Waals surface area contributed by atoms with E-state index in [9.17, 15) is 28.8 Å². The van der Waals surface area contributed by atoms with Crippen LogP contribution in [0.1, 0.15) is 109 Å². The largest absolute Gasteiger partial charge is 0.396 e. The van der Waals surface area contributed by atoms with E-state index in [1.807, 2.05) is 0 Å². The molecule has 0 bridgehead atoms. The molecule has 0 rings (SSSR count). The van der Waals surface area contributed by atoms with Crippen LogP contribution in [-0.2, 0) is 43.0 Å². The van der Waals surface area contributed by atoms with Crippen LogP contribution in [0.2, 0.25) is 0 Å². The van der Waals surface area contributed by atoms with E-state index >= 15 is 0 Å². The van der Waals surface area contributed by atoms with E-state index in [4.69, 9.17) is 30.8 Å². The highest BCUT2D eigenvalue weighted by atomic mass is 16.5. The molecule has 0 aliphatic carbocycles. The fourth-order valence-corrected chi connectivity index (χ4v) is 5.06. The third-order valence-electron chi connectivity index (χ3n) is 8.15. The van der Waals surface area contributed by atoms with Crippen LogP contribution in [0.5, 0.6) is 0 Å². The van der Waals surface area contributed by atoms with Crippen molar-refractivity contribution in [3.05, 3.63) is 0 Å². The van der Waals surface area contributed by atoms with Gasteiger partial charge in [-0.3, -0.25) is 24.0 Å². The van der Waals surface area contributed by atoms with Crippen LogP contribution in [0, 0.1) is 0 Å². The monoisotopic (exact) mass is 774 g/mol. The number of ether oxygens (including phenoxy) is 3. The molecular formula is C37H71N7O10. The summed E-state index contributed by atoms with van der Waals surface area (Å²) in [6.07, 6.45) is 10.7. The van der Waals surface area contributed by atoms with Gasteiger partial charge in [-0.25, -0.2) is 0 Å². The Hall–Kier alpha value is -3.22. The van der Waals surface area contributed by atoms with E-state index in [0.717, 1.165) is 38.4 Å². The first-order chi connectivity index (χ1) is 26.2. The lowest BCUT2D eigenvalue weighted by Gasteiger charge is -2.34. The molecule has 17 heteroatoms. The second-order valence-electron chi connectivity index (χ2n) is 13.3. The molecule has 0 aromatic rings. The average Bonchev–Trinajstić information content (AvgIpc) is 3.15. The van der Waals surface area contributed by atoms with Gasteiger partial charge in [0, 0.05) is 71.3 Å². The molecule has 314 valence electrons. The van der Waals surface area contributed by atoms with Crippen molar-refractivity contribution in [2.45, 2.75) is 115 Å². The van der Waals surface area contributed by atoms with Gasteiger partial charge in [0.05, 0.1) is 39.6 Å². The number of hydrogen-bond donors (Lipinski definition) is 8. The van der Waals surface area contributed by atoms with Gasteiger partial charge in [-0.05, 0) is 58.0 Å². The number of aliphatic hydroxyl groups is 1. The summed E-state index contributed by atoms with van der Waals surface area (Å²) in [6, 6.07) is 0. The summed E-state index contributed by atoms with van der Waals surface area (Å²) in [5, 5.41) is 23.0. The molecule has 0 spiro atoms. The predicted molar refractivity (Wildman–Crippen MR) is 205 cm³/mol. The minimum atomic E-state index is -1.18. The van der Waals surface area contributed by atoms with Crippen LogP contribution in [0.4, 0.5) is 0 Å². The molecule has 0 fully saturated rings. The zero-order valence-corrected chi connectivity index (χ0v) is 32.6. The molecule has 17 nitrogen and oxygen atoms in total. The quantitative estimate of drug-likeness (QED) is 0.0306. The summed E-state index contributed by atoms with van der Waals surface area (Å²) in [5.74, 6) is -0.943. The van der Waals surface area contributed by atoms with E-state index in [0.29, 0.717) is 90.6 Å². The van der Waals surface area contributed by atoms with E-state index in [1.165, 1.54) is 0 Å². The number of aldehydes is 1. The zero-order chi connectivity index (χ0) is 40.0. The molecule has 5 amide bonds. The maximum atomic E-state index is 13.3. The van der Waals surface area contributed by atoms with Crippen molar-refractivity contribution < 1.29 is 48.1 Å². The molecule has 10 N–H and O–H groups in total. The summed E-state index contributed by atoms with van der Waals surface area (Å²) in [5.41, 5.74) is 9.82. The summed E-state index contributed by atoms with van der Waals surface area (Å²) in [4.78, 5) is 72.5. The fraction of sp³-hybridized carbons (Fsp3) is 0.838. The average molecular weight is 774 g/mol. The number of nitrogens with two attached hydrogens (primary N) is 2. The normalized spacial score (nSPS) is 11.2. The van der Waals surface area contributed by atoms with Gasteiger partial charge in [-0.15, -0.1) is 0 Å². The zero-order valence-electron chi connectivity index (χ0n) is 32.6. The van der Waals surface area contributed by atoms with Crippen LogP contribution in [0.3, 0.4) is 0 Å². The summed E-state index contributed by atoms with van der Waals surface area (Å²) >= 11 is 0. The minimum absolute atomic E-state index is 0.0439. The second kappa shape index (κ2) is 36.7. The third kappa shape index (κ3) is 32.2. The van der Waals surface area contributed by atoms with E-state index in [2.05, 4.69) is 26.6 Å². The first-order valence-corrected chi connectivity index (χ1v) is 19.8. The number of carbonyl (C=O) groups is 6. The molecular weight excluding hydrogens is 702 g/mol. The smallest absolute Gasteiger partial charge is 0.222 e. The van der Waals surface area contributed by atoms with Gasteiger partial charge in [-0.2, -0.15) is 0 Å². The number of hydrogen-bond acceptors (Lipinski definition) is 12. The first-order valence-electron chi connectivity index (χ1n) is 19.8. The summed E-state index contributed by atoms with van der Waals surface area (Å²) in [7, 11) is 0. The van der Waals surface area contributed by atoms with Crippen molar-refractivity contribution in [3.63, 3.8) is 0 Å². The predicted octanol–water partition coefficient (Wildman–Crippen LogP) is 0.0963. The lowest BCUT2D eigenvalue weighted by Crippen LogP contribution is -2.58. The number of unbranched alkanes of at least 4 members (excludes halogenated alkanes) is 7. The van der Waals surface area contributed by atoms with E-state index < -0.39 is 5.54 Å². The van der Waals surface area contributed by atoms with E-state index in [-0.39, 0.29) is 101 Å². The van der Waals surface area contributed by atoms with Gasteiger partial charge < -0.3 is 62.2 Å². The molecule has 0 saturated carbocycles. The van der Waals surface area contributed by atoms with Crippen LogP contribution in [0.15, 0.2) is 0 Å². The highest BCUT2D eigenvalue weighted by Gasteiger charge is 2.34. The minimum Gasteiger partial charge on any atom is -0.396 e. The van der Waals surface area contributed by atoms with Crippen molar-refractivity contribution in [1.82, 2.24) is 26.6 Å². The van der Waals surface area contributed by atoms with Crippen molar-refractivity contribution in [2.24, 2.45) is 11.5 Å². The molecule has 54 heavy (non-hydrogen) atoms. The molecule has 0 radical (unpaired) electrons. The number of amides is 5. The standard InChI is InChI=1S/C37H71N7O10/c38-18-10-20-40-33(48)15-26-52-29-37(30-53-27-16-34(49)41-21-11-19-39,44-36(51)14-6-4-2-1-3-5-8-24-45)31-54-28-17-35(50)43-23-12-22-42-32(47)13-7-9-25-46/h24,46H,1-23,25-31,38-39H2,(H,40,48)(H,41,49)(H,42,47)(H,43,50)(H,44,51). The molecule has 0 unspecified atom stereocenters. The Labute approximate surface area is 321 Å². The fourth-order valence-electron chi connectivity index (χ4n) is 5.06. The number of rotatable bonds is 39. The van der Waals surface area contributed by atoms with Crippen molar-refractivity contribution in [3.8, 4) is 0 Å². The Morgan fingerprint density at radius 1 is 0.500 bits per heavy atom. The van der Waals surface area contributed by atoms with Crippen LogP contribution in [-0.4, -0.2) is 132 Å². The highest BCUT2D eigenvalue weighted by molar-refractivity contribution is 5.78. The molecule has 0 saturated heterocycles. The Morgan fingerprint density at radius 2 is 0.889 bits per heavy atom. The van der Waals surface area contributed by atoms with Gasteiger partial charge in [0.2, 0.25) is 29.5 Å². The van der Waals surface area contributed by atoms with Crippen molar-refractivity contribution in [1.29, 1.82) is 0 Å². The maximum absolute atomic E-state index is 13.3. The lowest BCUT2D eigenvalue weighted by atomic mass is 10.0. The molecule has 0 aliphatic rings. The Morgan fingerprint density at radius 3 is 1.33 bits per heavy atom. The number of nitrogens with one attached hydrogen (secondary N) is 5. The van der Waals surface area contributed by atoms with Crippen molar-refractivity contribution >= 4 is 35.8 Å². The molecule has 0 aromatic carbocycles. The van der Waals surface area contributed by atoms with Gasteiger partial charge >= 0.3 is 0 Å². The van der Waals surface area contributed by atoms with Gasteiger partial charge in [0.25, 0.3) is 0 Å².